The van der Waals surface area contributed by atoms with Crippen LogP contribution in [0.3, 0.4) is 0 Å². The number of nitrogens with one attached hydrogen (secondary N) is 1. The summed E-state index contributed by atoms with van der Waals surface area (Å²) in [4.78, 5) is 0. The molecule has 2 heteroatoms. The van der Waals surface area contributed by atoms with Crippen molar-refractivity contribution in [2.45, 2.75) is 58.0 Å². The van der Waals surface area contributed by atoms with Crippen molar-refractivity contribution in [1.29, 1.82) is 0 Å². The molecule has 0 radical (unpaired) electrons. The Bertz CT molecular complexity index is 189. The van der Waals surface area contributed by atoms with Gasteiger partial charge < -0.3 is 10.1 Å². The molecule has 3 atom stereocenters. The van der Waals surface area contributed by atoms with Crippen molar-refractivity contribution in [3.63, 3.8) is 0 Å². The first-order chi connectivity index (χ1) is 7.90. The zero-order valence-electron chi connectivity index (χ0n) is 10.7. The average molecular weight is 225 g/mol. The van der Waals surface area contributed by atoms with Crippen LogP contribution in [0.25, 0.3) is 0 Å². The summed E-state index contributed by atoms with van der Waals surface area (Å²) in [6.07, 6.45) is 10.1. The molecule has 2 rings (SSSR count). The van der Waals surface area contributed by atoms with Crippen LogP contribution in [0.4, 0.5) is 0 Å². The molecule has 3 unspecified atom stereocenters. The summed E-state index contributed by atoms with van der Waals surface area (Å²) < 4.78 is 5.69. The minimum Gasteiger partial charge on any atom is -0.378 e. The van der Waals surface area contributed by atoms with Gasteiger partial charge in [-0.05, 0) is 69.9 Å². The summed E-state index contributed by atoms with van der Waals surface area (Å²) in [6.45, 7) is 5.69. The van der Waals surface area contributed by atoms with Crippen LogP contribution in [-0.2, 0) is 4.74 Å². The molecule has 1 aliphatic carbocycles. The molecular weight excluding hydrogens is 198 g/mol. The van der Waals surface area contributed by atoms with Gasteiger partial charge in [0.25, 0.3) is 0 Å². The monoisotopic (exact) mass is 225 g/mol. The molecule has 0 aromatic rings. The predicted octanol–water partition coefficient (Wildman–Crippen LogP) is 2.97. The van der Waals surface area contributed by atoms with Gasteiger partial charge in [-0.2, -0.15) is 0 Å². The highest BCUT2D eigenvalue weighted by Crippen LogP contribution is 2.38. The van der Waals surface area contributed by atoms with Crippen LogP contribution in [-0.4, -0.2) is 25.8 Å². The SMILES string of the molecule is CCCNCC1CCC1CCC1CCCO1. The first-order valence-electron chi connectivity index (χ1n) is 7.22. The Labute approximate surface area is 100 Å². The second-order valence-electron chi connectivity index (χ2n) is 5.51. The summed E-state index contributed by atoms with van der Waals surface area (Å²) in [5, 5.41) is 3.56. The van der Waals surface area contributed by atoms with Crippen LogP contribution in [0.15, 0.2) is 0 Å². The van der Waals surface area contributed by atoms with Crippen molar-refractivity contribution in [2.75, 3.05) is 19.7 Å². The molecule has 16 heavy (non-hydrogen) atoms. The van der Waals surface area contributed by atoms with Crippen LogP contribution < -0.4 is 5.32 Å². The summed E-state index contributed by atoms with van der Waals surface area (Å²) in [6, 6.07) is 0. The normalized spacial score (nSPS) is 33.9. The molecule has 1 saturated carbocycles. The first kappa shape index (κ1) is 12.4. The van der Waals surface area contributed by atoms with Gasteiger partial charge in [0, 0.05) is 6.61 Å². The minimum atomic E-state index is 0.602. The summed E-state index contributed by atoms with van der Waals surface area (Å²) in [5.74, 6) is 1.96. The van der Waals surface area contributed by atoms with Gasteiger partial charge in [-0.3, -0.25) is 0 Å². The van der Waals surface area contributed by atoms with Gasteiger partial charge in [0.1, 0.15) is 0 Å². The van der Waals surface area contributed by atoms with Gasteiger partial charge in [-0.25, -0.2) is 0 Å². The maximum atomic E-state index is 5.69. The highest BCUT2D eigenvalue weighted by atomic mass is 16.5. The van der Waals surface area contributed by atoms with Crippen molar-refractivity contribution < 1.29 is 4.74 Å². The van der Waals surface area contributed by atoms with E-state index in [2.05, 4.69) is 12.2 Å². The Morgan fingerprint density at radius 1 is 1.12 bits per heavy atom. The molecular formula is C14H27NO. The zero-order chi connectivity index (χ0) is 11.2. The van der Waals surface area contributed by atoms with Crippen LogP contribution in [0.2, 0.25) is 0 Å². The fourth-order valence-electron chi connectivity index (χ4n) is 3.02. The molecule has 1 N–H and O–H groups in total. The van der Waals surface area contributed by atoms with Gasteiger partial charge in [0.05, 0.1) is 6.10 Å². The van der Waals surface area contributed by atoms with E-state index in [-0.39, 0.29) is 0 Å². The smallest absolute Gasteiger partial charge is 0.0576 e. The summed E-state index contributed by atoms with van der Waals surface area (Å²) in [5.41, 5.74) is 0. The van der Waals surface area contributed by atoms with Crippen molar-refractivity contribution in [3.8, 4) is 0 Å². The van der Waals surface area contributed by atoms with E-state index < -0.39 is 0 Å². The third-order valence-electron chi connectivity index (χ3n) is 4.29. The number of hydrogen-bond acceptors (Lipinski definition) is 2. The van der Waals surface area contributed by atoms with E-state index in [1.807, 2.05) is 0 Å². The lowest BCUT2D eigenvalue weighted by molar-refractivity contribution is 0.0796. The molecule has 1 saturated heterocycles. The number of ether oxygens (including phenoxy) is 1. The predicted molar refractivity (Wildman–Crippen MR) is 67.6 cm³/mol. The average Bonchev–Trinajstić information content (AvgIpc) is 2.76. The van der Waals surface area contributed by atoms with Gasteiger partial charge in [-0.1, -0.05) is 6.92 Å². The molecule has 0 amide bonds. The van der Waals surface area contributed by atoms with E-state index in [1.54, 1.807) is 0 Å². The van der Waals surface area contributed by atoms with Crippen LogP contribution in [0.5, 0.6) is 0 Å². The molecule has 1 heterocycles. The molecule has 2 aliphatic rings. The van der Waals surface area contributed by atoms with Crippen LogP contribution >= 0.6 is 0 Å². The Morgan fingerprint density at radius 2 is 2.00 bits per heavy atom. The topological polar surface area (TPSA) is 21.3 Å². The number of rotatable bonds is 7. The first-order valence-corrected chi connectivity index (χ1v) is 7.22. The molecule has 0 aromatic carbocycles. The lowest BCUT2D eigenvalue weighted by Crippen LogP contribution is -2.36. The lowest BCUT2D eigenvalue weighted by Gasteiger charge is -2.37. The largest absolute Gasteiger partial charge is 0.378 e. The molecule has 1 aliphatic heterocycles. The molecule has 94 valence electrons. The highest BCUT2D eigenvalue weighted by molar-refractivity contribution is 4.83. The van der Waals surface area contributed by atoms with Crippen LogP contribution in [0, 0.1) is 11.8 Å². The molecule has 0 aromatic heterocycles. The third-order valence-corrected chi connectivity index (χ3v) is 4.29. The molecule has 0 spiro atoms. The molecule has 0 bridgehead atoms. The fraction of sp³-hybridized carbons (Fsp3) is 1.00. The van der Waals surface area contributed by atoms with Gasteiger partial charge in [-0.15, -0.1) is 0 Å². The second-order valence-corrected chi connectivity index (χ2v) is 5.51. The maximum Gasteiger partial charge on any atom is 0.0576 e. The van der Waals surface area contributed by atoms with Crippen molar-refractivity contribution in [2.24, 2.45) is 11.8 Å². The summed E-state index contributed by atoms with van der Waals surface area (Å²) in [7, 11) is 0. The summed E-state index contributed by atoms with van der Waals surface area (Å²) >= 11 is 0. The standard InChI is InChI=1S/C14H27NO/c1-2-9-15-11-13-6-5-12(13)7-8-14-4-3-10-16-14/h12-15H,2-11H2,1H3. The fourth-order valence-corrected chi connectivity index (χ4v) is 3.02. The quantitative estimate of drug-likeness (QED) is 0.673. The Kier molecular flexibility index (Phi) is 5.11. The van der Waals surface area contributed by atoms with E-state index in [1.165, 1.54) is 58.0 Å². The Hall–Kier alpha value is -0.0800. The van der Waals surface area contributed by atoms with Crippen molar-refractivity contribution >= 4 is 0 Å². The highest BCUT2D eigenvalue weighted by Gasteiger charge is 2.30. The van der Waals surface area contributed by atoms with E-state index in [4.69, 9.17) is 4.74 Å². The van der Waals surface area contributed by atoms with E-state index in [9.17, 15) is 0 Å². The van der Waals surface area contributed by atoms with Crippen molar-refractivity contribution in [1.82, 2.24) is 5.32 Å². The zero-order valence-corrected chi connectivity index (χ0v) is 10.7. The van der Waals surface area contributed by atoms with E-state index >= 15 is 0 Å². The second kappa shape index (κ2) is 6.61. The maximum absolute atomic E-state index is 5.69. The van der Waals surface area contributed by atoms with Crippen LogP contribution in [0.1, 0.15) is 51.9 Å². The minimum absolute atomic E-state index is 0.602. The Morgan fingerprint density at radius 3 is 2.62 bits per heavy atom. The Balaban J connectivity index is 1.55. The third kappa shape index (κ3) is 3.46. The van der Waals surface area contributed by atoms with Gasteiger partial charge >= 0.3 is 0 Å². The van der Waals surface area contributed by atoms with Crippen molar-refractivity contribution in [3.05, 3.63) is 0 Å². The van der Waals surface area contributed by atoms with Gasteiger partial charge in [0.15, 0.2) is 0 Å². The molecule has 2 nitrogen and oxygen atoms in total. The van der Waals surface area contributed by atoms with Gasteiger partial charge in [0.2, 0.25) is 0 Å². The van der Waals surface area contributed by atoms with E-state index in [0.29, 0.717) is 6.10 Å². The van der Waals surface area contributed by atoms with E-state index in [0.717, 1.165) is 18.4 Å². The molecule has 2 fully saturated rings. The number of hydrogen-bond donors (Lipinski definition) is 1. The lowest BCUT2D eigenvalue weighted by atomic mass is 9.71.